The molecule has 1 aliphatic rings. The fourth-order valence-electron chi connectivity index (χ4n) is 2.16. The van der Waals surface area contributed by atoms with Gasteiger partial charge >= 0.3 is 0 Å². The predicted molar refractivity (Wildman–Crippen MR) is 70.2 cm³/mol. The van der Waals surface area contributed by atoms with Gasteiger partial charge < -0.3 is 11.1 Å². The molecule has 1 aliphatic carbocycles. The summed E-state index contributed by atoms with van der Waals surface area (Å²) in [6.07, 6.45) is 3.58. The molecule has 0 radical (unpaired) electrons. The summed E-state index contributed by atoms with van der Waals surface area (Å²) in [5.41, 5.74) is 7.08. The Morgan fingerprint density at radius 1 is 1.41 bits per heavy atom. The second kappa shape index (κ2) is 4.67. The molecule has 0 aromatic heterocycles. The summed E-state index contributed by atoms with van der Waals surface area (Å²) >= 11 is 6.01. The average Bonchev–Trinajstić information content (AvgIpc) is 2.72. The number of hydrogen-bond acceptors (Lipinski definition) is 2. The Kier molecular flexibility index (Phi) is 3.40. The lowest BCUT2D eigenvalue weighted by molar-refractivity contribution is -0.121. The summed E-state index contributed by atoms with van der Waals surface area (Å²) in [6, 6.07) is 5.49. The van der Waals surface area contributed by atoms with Crippen LogP contribution in [-0.4, -0.2) is 11.4 Å². The molecule has 1 amide bonds. The van der Waals surface area contributed by atoms with Crippen molar-refractivity contribution in [2.45, 2.75) is 38.1 Å². The highest BCUT2D eigenvalue weighted by atomic mass is 35.5. The summed E-state index contributed by atoms with van der Waals surface area (Å²) in [4.78, 5) is 12.1. The van der Waals surface area contributed by atoms with Gasteiger partial charge in [-0.25, -0.2) is 0 Å². The van der Waals surface area contributed by atoms with E-state index in [4.69, 9.17) is 17.3 Å². The first-order valence-electron chi connectivity index (χ1n) is 5.88. The van der Waals surface area contributed by atoms with Crippen LogP contribution in [0.1, 0.15) is 31.2 Å². The second-order valence-electron chi connectivity index (χ2n) is 4.78. The van der Waals surface area contributed by atoms with Gasteiger partial charge in [0.25, 0.3) is 0 Å². The standard InChI is InChI=1S/C13H17ClN2O/c1-9-4-5-10(8-11(9)14)16-12(17)13(15)6-2-3-7-13/h4-5,8H,2-3,6-7,15H2,1H3,(H,16,17). The van der Waals surface area contributed by atoms with E-state index in [1.807, 2.05) is 19.1 Å². The van der Waals surface area contributed by atoms with Gasteiger partial charge in [0, 0.05) is 10.7 Å². The van der Waals surface area contributed by atoms with Crippen molar-refractivity contribution in [1.82, 2.24) is 0 Å². The van der Waals surface area contributed by atoms with E-state index in [-0.39, 0.29) is 5.91 Å². The molecule has 2 rings (SSSR count). The maximum absolute atomic E-state index is 12.1. The Bertz CT molecular complexity index is 439. The van der Waals surface area contributed by atoms with Crippen LogP contribution >= 0.6 is 11.6 Å². The van der Waals surface area contributed by atoms with E-state index in [2.05, 4.69) is 5.32 Å². The Morgan fingerprint density at radius 2 is 2.06 bits per heavy atom. The highest BCUT2D eigenvalue weighted by Crippen LogP contribution is 2.29. The van der Waals surface area contributed by atoms with Crippen molar-refractivity contribution in [2.75, 3.05) is 5.32 Å². The largest absolute Gasteiger partial charge is 0.324 e. The lowest BCUT2D eigenvalue weighted by atomic mass is 9.98. The number of nitrogens with two attached hydrogens (primary N) is 1. The summed E-state index contributed by atoms with van der Waals surface area (Å²) in [5.74, 6) is -0.102. The number of aryl methyl sites for hydroxylation is 1. The highest BCUT2D eigenvalue weighted by molar-refractivity contribution is 6.31. The molecular formula is C13H17ClN2O. The molecular weight excluding hydrogens is 236 g/mol. The first-order valence-corrected chi connectivity index (χ1v) is 6.25. The van der Waals surface area contributed by atoms with Crippen molar-refractivity contribution in [3.8, 4) is 0 Å². The first-order chi connectivity index (χ1) is 8.01. The fraction of sp³-hybridized carbons (Fsp3) is 0.462. The lowest BCUT2D eigenvalue weighted by Gasteiger charge is -2.22. The van der Waals surface area contributed by atoms with E-state index in [9.17, 15) is 4.79 Å². The molecule has 1 aromatic rings. The van der Waals surface area contributed by atoms with Gasteiger partial charge in [-0.2, -0.15) is 0 Å². The minimum absolute atomic E-state index is 0.102. The minimum atomic E-state index is -0.697. The quantitative estimate of drug-likeness (QED) is 0.850. The number of halogens is 1. The van der Waals surface area contributed by atoms with Crippen LogP contribution in [-0.2, 0) is 4.79 Å². The maximum Gasteiger partial charge on any atom is 0.244 e. The first kappa shape index (κ1) is 12.4. The maximum atomic E-state index is 12.1. The Hall–Kier alpha value is -1.06. The van der Waals surface area contributed by atoms with Gasteiger partial charge in [0.15, 0.2) is 0 Å². The van der Waals surface area contributed by atoms with E-state index >= 15 is 0 Å². The number of anilines is 1. The third-order valence-electron chi connectivity index (χ3n) is 3.38. The normalized spacial score (nSPS) is 18.1. The van der Waals surface area contributed by atoms with Crippen LogP contribution < -0.4 is 11.1 Å². The number of rotatable bonds is 2. The molecule has 0 heterocycles. The van der Waals surface area contributed by atoms with E-state index < -0.39 is 5.54 Å². The second-order valence-corrected chi connectivity index (χ2v) is 5.19. The number of hydrogen-bond donors (Lipinski definition) is 2. The Labute approximate surface area is 106 Å². The zero-order valence-corrected chi connectivity index (χ0v) is 10.7. The van der Waals surface area contributed by atoms with Crippen LogP contribution in [0, 0.1) is 6.92 Å². The van der Waals surface area contributed by atoms with Crippen molar-refractivity contribution in [2.24, 2.45) is 5.73 Å². The molecule has 0 unspecified atom stereocenters. The lowest BCUT2D eigenvalue weighted by Crippen LogP contribution is -2.48. The molecule has 1 fully saturated rings. The molecule has 1 saturated carbocycles. The van der Waals surface area contributed by atoms with Crippen LogP contribution in [0.4, 0.5) is 5.69 Å². The van der Waals surface area contributed by atoms with E-state index in [0.717, 1.165) is 31.2 Å². The van der Waals surface area contributed by atoms with Crippen molar-refractivity contribution >= 4 is 23.2 Å². The molecule has 3 nitrogen and oxygen atoms in total. The van der Waals surface area contributed by atoms with Crippen molar-refractivity contribution in [3.05, 3.63) is 28.8 Å². The molecule has 17 heavy (non-hydrogen) atoms. The fourth-order valence-corrected chi connectivity index (χ4v) is 2.34. The topological polar surface area (TPSA) is 55.1 Å². The molecule has 3 N–H and O–H groups in total. The summed E-state index contributed by atoms with van der Waals surface area (Å²) in [5, 5.41) is 3.50. The van der Waals surface area contributed by atoms with Gasteiger partial charge in [-0.05, 0) is 37.5 Å². The zero-order chi connectivity index (χ0) is 12.5. The summed E-state index contributed by atoms with van der Waals surface area (Å²) < 4.78 is 0. The van der Waals surface area contributed by atoms with Crippen LogP contribution in [0.2, 0.25) is 5.02 Å². The molecule has 0 spiro atoms. The monoisotopic (exact) mass is 252 g/mol. The smallest absolute Gasteiger partial charge is 0.244 e. The highest BCUT2D eigenvalue weighted by Gasteiger charge is 2.36. The van der Waals surface area contributed by atoms with Crippen LogP contribution in [0.5, 0.6) is 0 Å². The molecule has 1 aromatic carbocycles. The summed E-state index contributed by atoms with van der Waals surface area (Å²) in [6.45, 7) is 1.93. The van der Waals surface area contributed by atoms with Crippen LogP contribution in [0.3, 0.4) is 0 Å². The average molecular weight is 253 g/mol. The third-order valence-corrected chi connectivity index (χ3v) is 3.78. The van der Waals surface area contributed by atoms with Crippen molar-refractivity contribution < 1.29 is 4.79 Å². The van der Waals surface area contributed by atoms with Crippen molar-refractivity contribution in [1.29, 1.82) is 0 Å². The van der Waals surface area contributed by atoms with Gasteiger partial charge in [0.2, 0.25) is 5.91 Å². The van der Waals surface area contributed by atoms with E-state index in [0.29, 0.717) is 10.7 Å². The minimum Gasteiger partial charge on any atom is -0.324 e. The molecule has 0 atom stereocenters. The van der Waals surface area contributed by atoms with E-state index in [1.165, 1.54) is 0 Å². The number of carbonyl (C=O) groups excluding carboxylic acids is 1. The van der Waals surface area contributed by atoms with Gasteiger partial charge in [-0.3, -0.25) is 4.79 Å². The third kappa shape index (κ3) is 2.61. The molecule has 0 saturated heterocycles. The van der Waals surface area contributed by atoms with Gasteiger partial charge in [-0.15, -0.1) is 0 Å². The molecule has 92 valence electrons. The molecule has 0 bridgehead atoms. The number of carbonyl (C=O) groups is 1. The summed E-state index contributed by atoms with van der Waals surface area (Å²) in [7, 11) is 0. The molecule has 4 heteroatoms. The van der Waals surface area contributed by atoms with Crippen LogP contribution in [0.15, 0.2) is 18.2 Å². The zero-order valence-electron chi connectivity index (χ0n) is 9.92. The van der Waals surface area contributed by atoms with E-state index in [1.54, 1.807) is 6.07 Å². The van der Waals surface area contributed by atoms with Gasteiger partial charge in [0.1, 0.15) is 0 Å². The Balaban J connectivity index is 2.10. The Morgan fingerprint density at radius 3 is 2.65 bits per heavy atom. The number of nitrogens with one attached hydrogen (secondary N) is 1. The molecule has 0 aliphatic heterocycles. The predicted octanol–water partition coefficient (Wildman–Crippen LogP) is 2.86. The van der Waals surface area contributed by atoms with Crippen LogP contribution in [0.25, 0.3) is 0 Å². The number of amides is 1. The van der Waals surface area contributed by atoms with Crippen molar-refractivity contribution in [3.63, 3.8) is 0 Å². The van der Waals surface area contributed by atoms with Gasteiger partial charge in [-0.1, -0.05) is 30.5 Å². The van der Waals surface area contributed by atoms with Gasteiger partial charge in [0.05, 0.1) is 5.54 Å². The number of benzene rings is 1. The SMILES string of the molecule is Cc1ccc(NC(=O)C2(N)CCCC2)cc1Cl.